The van der Waals surface area contributed by atoms with Crippen LogP contribution in [0, 0.1) is 6.92 Å². The van der Waals surface area contributed by atoms with Gasteiger partial charge in [0.25, 0.3) is 10.0 Å². The maximum absolute atomic E-state index is 12.2. The molecule has 3 N–H and O–H groups in total. The van der Waals surface area contributed by atoms with E-state index in [0.717, 1.165) is 5.56 Å². The average Bonchev–Trinajstić information content (AvgIpc) is 2.85. The van der Waals surface area contributed by atoms with E-state index in [1.807, 2.05) is 24.3 Å². The topological polar surface area (TPSA) is 90.0 Å². The van der Waals surface area contributed by atoms with Crippen LogP contribution in [0.4, 0.5) is 0 Å². The number of benzene rings is 1. The third-order valence-corrected chi connectivity index (χ3v) is 5.18. The standard InChI is InChI=1S/C16H24N4O2S.ClH/c1-11(2)13-5-7-14(8-6-13)15(17)9-18-23(21,22)16-10-20(4)12(3)19-16;/h5-8,10-11,15,18H,9,17H2,1-4H3;1H. The summed E-state index contributed by atoms with van der Waals surface area (Å²) in [6, 6.07) is 7.53. The molecule has 2 aromatic rings. The van der Waals surface area contributed by atoms with Gasteiger partial charge in [-0.25, -0.2) is 18.1 Å². The van der Waals surface area contributed by atoms with Gasteiger partial charge in [0.1, 0.15) is 5.82 Å². The van der Waals surface area contributed by atoms with E-state index in [1.54, 1.807) is 18.5 Å². The number of nitrogens with zero attached hydrogens (tertiary/aromatic N) is 2. The molecule has 24 heavy (non-hydrogen) atoms. The van der Waals surface area contributed by atoms with Crippen LogP contribution in [0.3, 0.4) is 0 Å². The highest BCUT2D eigenvalue weighted by Crippen LogP contribution is 2.18. The number of aromatic nitrogens is 2. The van der Waals surface area contributed by atoms with Crippen LogP contribution in [0.2, 0.25) is 0 Å². The molecular formula is C16H25ClN4O2S. The Balaban J connectivity index is 0.00000288. The Bertz CT molecular complexity index is 750. The van der Waals surface area contributed by atoms with E-state index in [-0.39, 0.29) is 24.0 Å². The summed E-state index contributed by atoms with van der Waals surface area (Å²) in [7, 11) is -1.90. The van der Waals surface area contributed by atoms with Crippen molar-refractivity contribution in [3.8, 4) is 0 Å². The van der Waals surface area contributed by atoms with Gasteiger partial charge in [-0.1, -0.05) is 38.1 Å². The fourth-order valence-electron chi connectivity index (χ4n) is 2.18. The number of halogens is 1. The van der Waals surface area contributed by atoms with E-state index in [1.165, 1.54) is 11.8 Å². The van der Waals surface area contributed by atoms with Crippen molar-refractivity contribution in [2.75, 3.05) is 6.54 Å². The molecule has 0 amide bonds. The van der Waals surface area contributed by atoms with Gasteiger partial charge in [-0.3, -0.25) is 0 Å². The molecule has 6 nitrogen and oxygen atoms in total. The highest BCUT2D eigenvalue weighted by Gasteiger charge is 2.19. The zero-order chi connectivity index (χ0) is 17.2. The number of nitrogens with two attached hydrogens (primary N) is 1. The van der Waals surface area contributed by atoms with Crippen LogP contribution >= 0.6 is 12.4 Å². The van der Waals surface area contributed by atoms with Gasteiger partial charge >= 0.3 is 0 Å². The molecule has 2 rings (SSSR count). The number of hydrogen-bond acceptors (Lipinski definition) is 4. The van der Waals surface area contributed by atoms with Crippen LogP contribution in [0.15, 0.2) is 35.5 Å². The second-order valence-electron chi connectivity index (χ2n) is 6.02. The summed E-state index contributed by atoms with van der Waals surface area (Å²) >= 11 is 0. The van der Waals surface area contributed by atoms with Crippen LogP contribution in [0.1, 0.15) is 42.8 Å². The quantitative estimate of drug-likeness (QED) is 0.813. The predicted molar refractivity (Wildman–Crippen MR) is 97.8 cm³/mol. The molecule has 0 bridgehead atoms. The molecule has 0 spiro atoms. The van der Waals surface area contributed by atoms with Crippen molar-refractivity contribution in [1.29, 1.82) is 0 Å². The van der Waals surface area contributed by atoms with Crippen molar-refractivity contribution in [2.24, 2.45) is 12.8 Å². The van der Waals surface area contributed by atoms with Crippen molar-refractivity contribution >= 4 is 22.4 Å². The van der Waals surface area contributed by atoms with Gasteiger partial charge in [-0.05, 0) is 24.0 Å². The fourth-order valence-corrected chi connectivity index (χ4v) is 3.27. The lowest BCUT2D eigenvalue weighted by Crippen LogP contribution is -2.32. The third-order valence-electron chi connectivity index (χ3n) is 3.89. The Morgan fingerprint density at radius 2 is 1.75 bits per heavy atom. The molecule has 1 aromatic heterocycles. The third kappa shape index (κ3) is 4.80. The summed E-state index contributed by atoms with van der Waals surface area (Å²) in [5.74, 6) is 1.09. The first-order valence-electron chi connectivity index (χ1n) is 7.56. The minimum absolute atomic E-state index is 0. The zero-order valence-corrected chi connectivity index (χ0v) is 16.0. The van der Waals surface area contributed by atoms with Gasteiger partial charge in [-0.2, -0.15) is 0 Å². The summed E-state index contributed by atoms with van der Waals surface area (Å²) in [6.07, 6.45) is 1.49. The SMILES string of the molecule is Cc1nc(S(=O)(=O)NCC(N)c2ccc(C(C)C)cc2)cn1C.Cl. The molecule has 0 aliphatic heterocycles. The van der Waals surface area contributed by atoms with Crippen molar-refractivity contribution in [3.05, 3.63) is 47.4 Å². The number of rotatable bonds is 6. The molecule has 0 radical (unpaired) electrons. The van der Waals surface area contributed by atoms with Crippen molar-refractivity contribution in [2.45, 2.75) is 37.8 Å². The lowest BCUT2D eigenvalue weighted by atomic mass is 9.99. The van der Waals surface area contributed by atoms with Gasteiger partial charge < -0.3 is 10.3 Å². The van der Waals surface area contributed by atoms with E-state index in [4.69, 9.17) is 5.73 Å². The zero-order valence-electron chi connectivity index (χ0n) is 14.4. The summed E-state index contributed by atoms with van der Waals surface area (Å²) in [5.41, 5.74) is 8.21. The van der Waals surface area contributed by atoms with E-state index >= 15 is 0 Å². The molecule has 0 aliphatic carbocycles. The van der Waals surface area contributed by atoms with Crippen LogP contribution in [0.5, 0.6) is 0 Å². The minimum Gasteiger partial charge on any atom is -0.337 e. The molecule has 0 saturated heterocycles. The maximum atomic E-state index is 12.2. The Morgan fingerprint density at radius 1 is 1.21 bits per heavy atom. The Kier molecular flexibility index (Phi) is 6.97. The van der Waals surface area contributed by atoms with Gasteiger partial charge in [0.2, 0.25) is 0 Å². The molecule has 0 fully saturated rings. The highest BCUT2D eigenvalue weighted by atomic mass is 35.5. The summed E-state index contributed by atoms with van der Waals surface area (Å²) in [4.78, 5) is 4.04. The number of sulfonamides is 1. The molecule has 0 saturated carbocycles. The maximum Gasteiger partial charge on any atom is 0.259 e. The summed E-state index contributed by atoms with van der Waals surface area (Å²) in [6.45, 7) is 6.12. The lowest BCUT2D eigenvalue weighted by molar-refractivity contribution is 0.569. The van der Waals surface area contributed by atoms with Gasteiger partial charge in [-0.15, -0.1) is 12.4 Å². The number of nitrogens with one attached hydrogen (secondary N) is 1. The Morgan fingerprint density at radius 3 is 2.21 bits per heavy atom. The summed E-state index contributed by atoms with van der Waals surface area (Å²) in [5, 5.41) is 0.0138. The highest BCUT2D eigenvalue weighted by molar-refractivity contribution is 7.89. The second-order valence-corrected chi connectivity index (χ2v) is 7.73. The molecule has 0 aliphatic rings. The summed E-state index contributed by atoms with van der Waals surface area (Å²) < 4.78 is 28.7. The number of hydrogen-bond donors (Lipinski definition) is 2. The average molecular weight is 373 g/mol. The number of aryl methyl sites for hydroxylation is 2. The van der Waals surface area contributed by atoms with E-state index in [2.05, 4.69) is 23.6 Å². The van der Waals surface area contributed by atoms with Gasteiger partial charge in [0.15, 0.2) is 5.03 Å². The smallest absolute Gasteiger partial charge is 0.259 e. The van der Waals surface area contributed by atoms with Crippen LogP contribution < -0.4 is 10.5 Å². The largest absolute Gasteiger partial charge is 0.337 e. The molecule has 1 atom stereocenters. The first kappa shape index (κ1) is 20.6. The predicted octanol–water partition coefficient (Wildman–Crippen LogP) is 2.25. The lowest BCUT2D eigenvalue weighted by Gasteiger charge is -2.14. The van der Waals surface area contributed by atoms with Gasteiger partial charge in [0, 0.05) is 25.8 Å². The van der Waals surface area contributed by atoms with Crippen molar-refractivity contribution in [1.82, 2.24) is 14.3 Å². The fraction of sp³-hybridized carbons (Fsp3) is 0.438. The first-order chi connectivity index (χ1) is 10.7. The monoisotopic (exact) mass is 372 g/mol. The van der Waals surface area contributed by atoms with E-state index in [9.17, 15) is 8.42 Å². The first-order valence-corrected chi connectivity index (χ1v) is 9.04. The van der Waals surface area contributed by atoms with E-state index < -0.39 is 16.1 Å². The van der Waals surface area contributed by atoms with Crippen LogP contribution in [-0.4, -0.2) is 24.5 Å². The number of imidazole rings is 1. The normalized spacial score (nSPS) is 12.9. The van der Waals surface area contributed by atoms with Crippen molar-refractivity contribution < 1.29 is 8.42 Å². The Labute approximate surface area is 149 Å². The van der Waals surface area contributed by atoms with Crippen LogP contribution in [-0.2, 0) is 17.1 Å². The molecule has 1 aromatic carbocycles. The van der Waals surface area contributed by atoms with Crippen LogP contribution in [0.25, 0.3) is 0 Å². The molecule has 1 unspecified atom stereocenters. The Hall–Kier alpha value is -1.41. The molecule has 1 heterocycles. The van der Waals surface area contributed by atoms with Crippen molar-refractivity contribution in [3.63, 3.8) is 0 Å². The molecule has 134 valence electrons. The molecular weight excluding hydrogens is 348 g/mol. The van der Waals surface area contributed by atoms with Gasteiger partial charge in [0.05, 0.1) is 0 Å². The second kappa shape index (κ2) is 8.11. The molecule has 8 heteroatoms. The van der Waals surface area contributed by atoms with E-state index in [0.29, 0.717) is 11.7 Å². The minimum atomic E-state index is -3.65.